The molecule has 0 bridgehead atoms. The van der Waals surface area contributed by atoms with Crippen molar-refractivity contribution >= 4 is 5.78 Å². The summed E-state index contributed by atoms with van der Waals surface area (Å²) in [6.45, 7) is 7.53. The molecule has 6 atom stereocenters. The molecule has 0 heterocycles. The second-order valence-electron chi connectivity index (χ2n) is 8.79. The third-order valence-electron chi connectivity index (χ3n) is 7.08. The molecule has 0 amide bonds. The van der Waals surface area contributed by atoms with Gasteiger partial charge in [0.2, 0.25) is 0 Å². The summed E-state index contributed by atoms with van der Waals surface area (Å²) in [6.07, 6.45) is 0.397. The van der Waals surface area contributed by atoms with Crippen LogP contribution in [0.3, 0.4) is 0 Å². The van der Waals surface area contributed by atoms with Crippen LogP contribution in [0.5, 0.6) is 0 Å². The molecule has 0 aromatic rings. The van der Waals surface area contributed by atoms with Gasteiger partial charge in [0.1, 0.15) is 12.2 Å². The van der Waals surface area contributed by atoms with Crippen molar-refractivity contribution in [1.82, 2.24) is 0 Å². The monoisotopic (exact) mass is 350 g/mol. The van der Waals surface area contributed by atoms with E-state index in [1.54, 1.807) is 6.08 Å². The largest absolute Gasteiger partial charge is 0.392 e. The molecule has 0 aromatic carbocycles. The molecule has 5 nitrogen and oxygen atoms in total. The third-order valence-corrected chi connectivity index (χ3v) is 7.08. The smallest absolute Gasteiger partial charge is 0.188 e. The summed E-state index contributed by atoms with van der Waals surface area (Å²) >= 11 is 0. The molecule has 0 aliphatic heterocycles. The van der Waals surface area contributed by atoms with Gasteiger partial charge < -0.3 is 20.4 Å². The van der Waals surface area contributed by atoms with Crippen LogP contribution >= 0.6 is 0 Å². The van der Waals surface area contributed by atoms with E-state index in [2.05, 4.69) is 0 Å². The number of fused-ring (bicyclic) bond motifs is 3. The molecule has 0 aromatic heterocycles. The second-order valence-corrected chi connectivity index (χ2v) is 8.79. The van der Waals surface area contributed by atoms with Gasteiger partial charge in [-0.05, 0) is 36.7 Å². The van der Waals surface area contributed by atoms with E-state index in [9.17, 15) is 25.2 Å². The van der Waals surface area contributed by atoms with Crippen molar-refractivity contribution in [3.63, 3.8) is 0 Å². The predicted octanol–water partition coefficient (Wildman–Crippen LogP) is 1.35. The quantitative estimate of drug-likeness (QED) is 0.564. The van der Waals surface area contributed by atoms with Gasteiger partial charge in [0.05, 0.1) is 12.7 Å². The predicted molar refractivity (Wildman–Crippen MR) is 93.6 cm³/mol. The van der Waals surface area contributed by atoms with Gasteiger partial charge in [0, 0.05) is 16.4 Å². The number of aliphatic hydroxyl groups is 4. The molecule has 3 aliphatic carbocycles. The van der Waals surface area contributed by atoms with Crippen LogP contribution in [-0.2, 0) is 4.79 Å². The highest BCUT2D eigenvalue weighted by molar-refractivity contribution is 6.04. The van der Waals surface area contributed by atoms with Crippen molar-refractivity contribution in [2.75, 3.05) is 6.61 Å². The number of allylic oxidation sites excluding steroid dienone is 1. The van der Waals surface area contributed by atoms with Crippen LogP contribution in [-0.4, -0.2) is 51.1 Å². The molecule has 1 fully saturated rings. The molecule has 6 unspecified atom stereocenters. The van der Waals surface area contributed by atoms with Crippen molar-refractivity contribution < 1.29 is 25.2 Å². The van der Waals surface area contributed by atoms with Crippen molar-refractivity contribution in [1.29, 1.82) is 0 Å². The van der Waals surface area contributed by atoms with Crippen molar-refractivity contribution in [2.45, 2.75) is 65.3 Å². The SMILES string of the molecule is CC(C)C1=C2C3CC=C(CO)C(O)C(O)C3(C)CCC2(C)C(O)C1=O. The highest BCUT2D eigenvalue weighted by Crippen LogP contribution is 2.62. The number of carbonyl (C=O) groups excluding carboxylic acids is 1. The Morgan fingerprint density at radius 2 is 1.84 bits per heavy atom. The first-order chi connectivity index (χ1) is 11.6. The normalized spacial score (nSPS) is 44.5. The second kappa shape index (κ2) is 6.02. The highest BCUT2D eigenvalue weighted by atomic mass is 16.3. The Bertz CT molecular complexity index is 648. The summed E-state index contributed by atoms with van der Waals surface area (Å²) in [5.41, 5.74) is 0.861. The minimum Gasteiger partial charge on any atom is -0.392 e. The van der Waals surface area contributed by atoms with Gasteiger partial charge in [-0.2, -0.15) is 0 Å². The number of rotatable bonds is 2. The van der Waals surface area contributed by atoms with E-state index >= 15 is 0 Å². The molecular formula is C20H30O5. The van der Waals surface area contributed by atoms with Crippen LogP contribution in [0.1, 0.15) is 47.0 Å². The molecule has 0 radical (unpaired) electrons. The first kappa shape index (κ1) is 18.8. The van der Waals surface area contributed by atoms with Gasteiger partial charge in [0.25, 0.3) is 0 Å². The Kier molecular flexibility index (Phi) is 4.52. The van der Waals surface area contributed by atoms with E-state index in [1.807, 2.05) is 27.7 Å². The standard InChI is InChI=1S/C20H30O5/c1-10(2)13-14-12-6-5-11(9-21)15(22)17(24)19(12,3)7-8-20(14,4)18(25)16(13)23/h5,10,12,15,17-18,21-22,24-25H,6-9H2,1-4H3. The van der Waals surface area contributed by atoms with Gasteiger partial charge in [-0.1, -0.05) is 39.3 Å². The number of aliphatic hydroxyl groups excluding tert-OH is 4. The fourth-order valence-corrected chi connectivity index (χ4v) is 5.36. The molecule has 3 aliphatic rings. The molecule has 5 heteroatoms. The molecule has 25 heavy (non-hydrogen) atoms. The fraction of sp³-hybridized carbons (Fsp3) is 0.750. The maximum atomic E-state index is 12.8. The lowest BCUT2D eigenvalue weighted by atomic mass is 9.53. The summed E-state index contributed by atoms with van der Waals surface area (Å²) < 4.78 is 0. The van der Waals surface area contributed by atoms with Crippen LogP contribution in [0.4, 0.5) is 0 Å². The molecule has 1 saturated carbocycles. The summed E-state index contributed by atoms with van der Waals surface area (Å²) in [6, 6.07) is 0. The maximum Gasteiger partial charge on any atom is 0.188 e. The first-order valence-corrected chi connectivity index (χ1v) is 9.22. The minimum absolute atomic E-state index is 0.00654. The van der Waals surface area contributed by atoms with Gasteiger partial charge in [0.15, 0.2) is 5.78 Å². The third kappa shape index (κ3) is 2.40. The van der Waals surface area contributed by atoms with Gasteiger partial charge >= 0.3 is 0 Å². The van der Waals surface area contributed by atoms with Gasteiger partial charge in [-0.25, -0.2) is 0 Å². The van der Waals surface area contributed by atoms with E-state index in [0.29, 0.717) is 30.4 Å². The minimum atomic E-state index is -1.10. The van der Waals surface area contributed by atoms with Gasteiger partial charge in [-0.15, -0.1) is 0 Å². The lowest BCUT2D eigenvalue weighted by Crippen LogP contribution is -2.52. The van der Waals surface area contributed by atoms with Crippen molar-refractivity contribution in [2.24, 2.45) is 22.7 Å². The molecule has 3 rings (SSSR count). The molecule has 0 saturated heterocycles. The van der Waals surface area contributed by atoms with Crippen molar-refractivity contribution in [3.05, 3.63) is 22.8 Å². The van der Waals surface area contributed by atoms with Crippen LogP contribution in [0.25, 0.3) is 0 Å². The average Bonchev–Trinajstić information content (AvgIpc) is 2.71. The fourth-order valence-electron chi connectivity index (χ4n) is 5.36. The number of carbonyl (C=O) groups is 1. The number of ketones is 1. The van der Waals surface area contributed by atoms with Crippen LogP contribution < -0.4 is 0 Å². The highest BCUT2D eigenvalue weighted by Gasteiger charge is 2.61. The Hall–Kier alpha value is -1.01. The number of hydrogen-bond acceptors (Lipinski definition) is 5. The zero-order valence-electron chi connectivity index (χ0n) is 15.5. The zero-order valence-corrected chi connectivity index (χ0v) is 15.5. The van der Waals surface area contributed by atoms with E-state index in [4.69, 9.17) is 0 Å². The van der Waals surface area contributed by atoms with Crippen molar-refractivity contribution in [3.8, 4) is 0 Å². The number of hydrogen-bond donors (Lipinski definition) is 4. The number of Topliss-reactive ketones (excluding diaryl/α,β-unsaturated/α-hetero) is 1. The molecular weight excluding hydrogens is 320 g/mol. The van der Waals surface area contributed by atoms with Crippen LogP contribution in [0, 0.1) is 22.7 Å². The molecule has 140 valence electrons. The Labute approximate surface area is 149 Å². The summed E-state index contributed by atoms with van der Waals surface area (Å²) in [5, 5.41) is 41.6. The van der Waals surface area contributed by atoms with E-state index < -0.39 is 29.1 Å². The topological polar surface area (TPSA) is 98.0 Å². The van der Waals surface area contributed by atoms with E-state index in [0.717, 1.165) is 5.57 Å². The summed E-state index contributed by atoms with van der Waals surface area (Å²) in [4.78, 5) is 12.8. The van der Waals surface area contributed by atoms with E-state index in [1.165, 1.54) is 0 Å². The lowest BCUT2D eigenvalue weighted by molar-refractivity contribution is -0.129. The first-order valence-electron chi connectivity index (χ1n) is 9.22. The average molecular weight is 350 g/mol. The Balaban J connectivity index is 2.20. The summed E-state index contributed by atoms with van der Waals surface area (Å²) in [7, 11) is 0. The Morgan fingerprint density at radius 1 is 1.20 bits per heavy atom. The van der Waals surface area contributed by atoms with Crippen LogP contribution in [0.2, 0.25) is 0 Å². The molecule has 0 spiro atoms. The van der Waals surface area contributed by atoms with E-state index in [-0.39, 0.29) is 24.2 Å². The Morgan fingerprint density at radius 3 is 2.40 bits per heavy atom. The zero-order chi connectivity index (χ0) is 18.7. The molecule has 4 N–H and O–H groups in total. The lowest BCUT2D eigenvalue weighted by Gasteiger charge is -2.52. The van der Waals surface area contributed by atoms with Crippen LogP contribution in [0.15, 0.2) is 22.8 Å². The maximum absolute atomic E-state index is 12.8. The van der Waals surface area contributed by atoms with Gasteiger partial charge in [-0.3, -0.25) is 4.79 Å². The summed E-state index contributed by atoms with van der Waals surface area (Å²) in [5.74, 6) is -0.339.